The molecule has 3 heteroatoms. The Morgan fingerprint density at radius 2 is 2.13 bits per heavy atom. The molecule has 3 atom stereocenters. The third-order valence-electron chi connectivity index (χ3n) is 4.61. The van der Waals surface area contributed by atoms with Gasteiger partial charge in [-0.15, -0.1) is 0 Å². The van der Waals surface area contributed by atoms with Crippen molar-refractivity contribution in [3.8, 4) is 0 Å². The topological polar surface area (TPSA) is 46.5 Å². The molecule has 126 valence electrons. The third-order valence-corrected chi connectivity index (χ3v) is 4.61. The van der Waals surface area contributed by atoms with Crippen LogP contribution < -0.4 is 0 Å². The predicted molar refractivity (Wildman–Crippen MR) is 92.8 cm³/mol. The first-order valence-corrected chi connectivity index (χ1v) is 8.47. The molecule has 23 heavy (non-hydrogen) atoms. The van der Waals surface area contributed by atoms with E-state index in [2.05, 4.69) is 26.5 Å². The molecule has 1 aliphatic carbocycles. The minimum absolute atomic E-state index is 0.0975. The largest absolute Gasteiger partial charge is 0.462 e. The molecule has 3 unspecified atom stereocenters. The lowest BCUT2D eigenvalue weighted by Gasteiger charge is -2.34. The van der Waals surface area contributed by atoms with Crippen LogP contribution in [0.3, 0.4) is 0 Å². The molecule has 0 aromatic rings. The molecular weight excluding hydrogens is 288 g/mol. The second-order valence-electron chi connectivity index (χ2n) is 7.04. The highest BCUT2D eigenvalue weighted by molar-refractivity contribution is 5.90. The molecule has 0 aromatic carbocycles. The highest BCUT2D eigenvalue weighted by atomic mass is 16.5. The molecule has 0 spiro atoms. The van der Waals surface area contributed by atoms with Gasteiger partial charge in [0.25, 0.3) is 0 Å². The number of hydrogen-bond acceptors (Lipinski definition) is 3. The van der Waals surface area contributed by atoms with Crippen molar-refractivity contribution < 1.29 is 14.6 Å². The van der Waals surface area contributed by atoms with Gasteiger partial charge in [0.05, 0.1) is 12.7 Å². The zero-order valence-corrected chi connectivity index (χ0v) is 14.4. The average Bonchev–Trinajstić information content (AvgIpc) is 2.50. The molecule has 0 aromatic heterocycles. The number of allylic oxidation sites excluding steroid dienone is 4. The van der Waals surface area contributed by atoms with E-state index in [1.807, 2.05) is 25.2 Å². The highest BCUT2D eigenvalue weighted by Gasteiger charge is 2.37. The summed E-state index contributed by atoms with van der Waals surface area (Å²) in [6.45, 7) is 10.8. The van der Waals surface area contributed by atoms with Crippen molar-refractivity contribution in [3.63, 3.8) is 0 Å². The first-order valence-electron chi connectivity index (χ1n) is 8.47. The molecular formula is C20H28O3. The first kappa shape index (κ1) is 17.7. The summed E-state index contributed by atoms with van der Waals surface area (Å²) in [5, 5.41) is 10.1. The van der Waals surface area contributed by atoms with Crippen LogP contribution >= 0.6 is 0 Å². The maximum absolute atomic E-state index is 12.2. The second kappa shape index (κ2) is 7.78. The fourth-order valence-electron chi connectivity index (χ4n) is 3.34. The van der Waals surface area contributed by atoms with Gasteiger partial charge in [-0.2, -0.15) is 0 Å². The predicted octanol–water partition coefficient (Wildman–Crippen LogP) is 3.96. The number of cyclic esters (lactones) is 1. The number of rotatable bonds is 2. The van der Waals surface area contributed by atoms with Gasteiger partial charge in [0.15, 0.2) is 0 Å². The molecule has 1 saturated heterocycles. The standard InChI is InChI=1S/C20H28O3/c1-13(2)6-5-7-18-17-9-8-14(3)10-16(21)11-15(4)19(17)12-23-20(18)22/h5-7,10,13,16-17,19,21H,4,8-9,11-12H2,1-3H3. The number of aliphatic hydroxyl groups excluding tert-OH is 1. The van der Waals surface area contributed by atoms with E-state index in [0.717, 1.165) is 24.0 Å². The summed E-state index contributed by atoms with van der Waals surface area (Å²) in [5.74, 6) is 0.446. The molecule has 1 heterocycles. The Morgan fingerprint density at radius 3 is 2.83 bits per heavy atom. The number of esters is 1. The van der Waals surface area contributed by atoms with E-state index in [4.69, 9.17) is 4.74 Å². The molecule has 0 bridgehead atoms. The SMILES string of the molecule is C=C1CC(O)C=C(C)CCC2C(=CC=CC(C)C)C(=O)OCC12. The Kier molecular flexibility index (Phi) is 6.00. The lowest BCUT2D eigenvalue weighted by Crippen LogP contribution is -2.34. The van der Waals surface area contributed by atoms with Crippen LogP contribution in [0.2, 0.25) is 0 Å². The third kappa shape index (κ3) is 4.68. The van der Waals surface area contributed by atoms with Gasteiger partial charge >= 0.3 is 5.97 Å². The normalized spacial score (nSPS) is 31.4. The Bertz CT molecular complexity index is 551. The van der Waals surface area contributed by atoms with Gasteiger partial charge in [-0.1, -0.05) is 55.9 Å². The van der Waals surface area contributed by atoms with Gasteiger partial charge < -0.3 is 9.84 Å². The minimum Gasteiger partial charge on any atom is -0.462 e. The van der Waals surface area contributed by atoms with Crippen LogP contribution in [-0.2, 0) is 9.53 Å². The molecule has 0 radical (unpaired) electrons. The van der Waals surface area contributed by atoms with Crippen LogP contribution in [0.5, 0.6) is 0 Å². The maximum Gasteiger partial charge on any atom is 0.334 e. The number of fused-ring (bicyclic) bond motifs is 1. The molecule has 1 aliphatic heterocycles. The maximum atomic E-state index is 12.2. The van der Waals surface area contributed by atoms with Crippen molar-refractivity contribution in [2.45, 2.75) is 46.1 Å². The number of ether oxygens (including phenoxy) is 1. The van der Waals surface area contributed by atoms with Crippen LogP contribution in [0.15, 0.2) is 47.6 Å². The minimum atomic E-state index is -0.493. The zero-order chi connectivity index (χ0) is 17.0. The summed E-state index contributed by atoms with van der Waals surface area (Å²) in [6, 6.07) is 0. The Hall–Kier alpha value is -1.61. The molecule has 0 amide bonds. The van der Waals surface area contributed by atoms with Crippen LogP contribution in [0, 0.1) is 17.8 Å². The lowest BCUT2D eigenvalue weighted by molar-refractivity contribution is -0.144. The number of carbonyl (C=O) groups excluding carboxylic acids is 1. The van der Waals surface area contributed by atoms with Gasteiger partial charge in [0.2, 0.25) is 0 Å². The van der Waals surface area contributed by atoms with E-state index in [0.29, 0.717) is 18.9 Å². The Labute approximate surface area is 139 Å². The van der Waals surface area contributed by atoms with Gasteiger partial charge in [-0.3, -0.25) is 0 Å². The molecule has 3 nitrogen and oxygen atoms in total. The summed E-state index contributed by atoms with van der Waals surface area (Å²) < 4.78 is 5.39. The van der Waals surface area contributed by atoms with E-state index in [9.17, 15) is 9.90 Å². The number of hydrogen-bond donors (Lipinski definition) is 1. The lowest BCUT2D eigenvalue weighted by atomic mass is 9.76. The fourth-order valence-corrected chi connectivity index (χ4v) is 3.34. The van der Waals surface area contributed by atoms with E-state index in [1.54, 1.807) is 0 Å². The van der Waals surface area contributed by atoms with E-state index in [1.165, 1.54) is 5.57 Å². The van der Waals surface area contributed by atoms with Crippen LogP contribution in [0.4, 0.5) is 0 Å². The van der Waals surface area contributed by atoms with Gasteiger partial charge in [0, 0.05) is 17.4 Å². The number of carbonyl (C=O) groups is 1. The summed E-state index contributed by atoms with van der Waals surface area (Å²) >= 11 is 0. The molecule has 2 aliphatic rings. The monoisotopic (exact) mass is 316 g/mol. The second-order valence-corrected chi connectivity index (χ2v) is 7.04. The van der Waals surface area contributed by atoms with Gasteiger partial charge in [0.1, 0.15) is 0 Å². The summed E-state index contributed by atoms with van der Waals surface area (Å²) in [5.41, 5.74) is 2.88. The molecule has 1 fully saturated rings. The smallest absolute Gasteiger partial charge is 0.334 e. The van der Waals surface area contributed by atoms with E-state index < -0.39 is 6.10 Å². The van der Waals surface area contributed by atoms with Crippen molar-refractivity contribution in [2.75, 3.05) is 6.61 Å². The van der Waals surface area contributed by atoms with E-state index in [-0.39, 0.29) is 17.8 Å². The van der Waals surface area contributed by atoms with Crippen molar-refractivity contribution in [1.29, 1.82) is 0 Å². The van der Waals surface area contributed by atoms with Gasteiger partial charge in [-0.25, -0.2) is 4.79 Å². The summed E-state index contributed by atoms with van der Waals surface area (Å²) in [7, 11) is 0. The summed E-state index contributed by atoms with van der Waals surface area (Å²) in [4.78, 5) is 12.2. The first-order chi connectivity index (χ1) is 10.9. The average molecular weight is 316 g/mol. The number of aliphatic hydroxyl groups is 1. The Balaban J connectivity index is 2.31. The van der Waals surface area contributed by atoms with Crippen molar-refractivity contribution >= 4 is 5.97 Å². The highest BCUT2D eigenvalue weighted by Crippen LogP contribution is 2.38. The van der Waals surface area contributed by atoms with Gasteiger partial charge in [-0.05, 0) is 32.1 Å². The molecule has 1 N–H and O–H groups in total. The van der Waals surface area contributed by atoms with Crippen LogP contribution in [0.25, 0.3) is 0 Å². The Morgan fingerprint density at radius 1 is 1.39 bits per heavy atom. The van der Waals surface area contributed by atoms with Crippen molar-refractivity contribution in [1.82, 2.24) is 0 Å². The van der Waals surface area contributed by atoms with Crippen LogP contribution in [-0.4, -0.2) is 23.8 Å². The molecule has 0 saturated carbocycles. The van der Waals surface area contributed by atoms with Crippen molar-refractivity contribution in [3.05, 3.63) is 47.6 Å². The summed E-state index contributed by atoms with van der Waals surface area (Å²) in [6.07, 6.45) is 9.64. The van der Waals surface area contributed by atoms with E-state index >= 15 is 0 Å². The zero-order valence-electron chi connectivity index (χ0n) is 14.4. The quantitative estimate of drug-likeness (QED) is 0.476. The van der Waals surface area contributed by atoms with Crippen LogP contribution in [0.1, 0.15) is 40.0 Å². The van der Waals surface area contributed by atoms with Crippen molar-refractivity contribution in [2.24, 2.45) is 17.8 Å². The molecule has 2 rings (SSSR count). The fraction of sp³-hybridized carbons (Fsp3) is 0.550.